The molecule has 2 aromatic carbocycles. The Morgan fingerprint density at radius 1 is 1.00 bits per heavy atom. The van der Waals surface area contributed by atoms with E-state index in [1.165, 1.54) is 5.69 Å². The highest BCUT2D eigenvalue weighted by Crippen LogP contribution is 2.29. The van der Waals surface area contributed by atoms with E-state index in [1.807, 2.05) is 54.8 Å². The lowest BCUT2D eigenvalue weighted by Crippen LogP contribution is -2.46. The molecule has 1 N–H and O–H groups in total. The summed E-state index contributed by atoms with van der Waals surface area (Å²) in [5, 5.41) is 4.70. The lowest BCUT2D eigenvalue weighted by Gasteiger charge is -2.36. The zero-order valence-corrected chi connectivity index (χ0v) is 20.2. The highest BCUT2D eigenvalue weighted by atomic mass is 35.5. The van der Waals surface area contributed by atoms with Gasteiger partial charge < -0.3 is 19.7 Å². The number of piperazine rings is 1. The number of amides is 1. The van der Waals surface area contributed by atoms with E-state index in [2.05, 4.69) is 44.4 Å². The third-order valence-corrected chi connectivity index (χ3v) is 6.78. The van der Waals surface area contributed by atoms with Crippen molar-refractivity contribution in [1.82, 2.24) is 9.55 Å². The van der Waals surface area contributed by atoms with Crippen molar-refractivity contribution in [3.8, 4) is 0 Å². The second kappa shape index (κ2) is 9.39. The molecule has 1 aliphatic rings. The Balaban J connectivity index is 1.28. The summed E-state index contributed by atoms with van der Waals surface area (Å²) in [5.74, 6) is 0.789. The fourth-order valence-corrected chi connectivity index (χ4v) is 4.96. The molecular weight excluding hydrogens is 446 g/mol. The number of hydrogen-bond acceptors (Lipinski definition) is 4. The van der Waals surface area contributed by atoms with Crippen LogP contribution in [0.25, 0.3) is 10.9 Å². The molecule has 1 aliphatic heterocycles. The number of aromatic nitrogens is 2. The highest BCUT2D eigenvalue weighted by Gasteiger charge is 2.21. The van der Waals surface area contributed by atoms with Crippen LogP contribution in [0.5, 0.6) is 0 Å². The first-order chi connectivity index (χ1) is 16.5. The van der Waals surface area contributed by atoms with Crippen molar-refractivity contribution >= 4 is 45.6 Å². The number of aryl methyl sites for hydroxylation is 2. The van der Waals surface area contributed by atoms with Gasteiger partial charge in [-0.05, 0) is 61.9 Å². The lowest BCUT2D eigenvalue weighted by molar-refractivity contribution is 0.101. The van der Waals surface area contributed by atoms with E-state index in [0.29, 0.717) is 22.9 Å². The SMILES string of the molecule is CCn1c(C(=O)Nc2ccc(N3CCN(c4ccccc4)CC3)nc2)c(C)c2cc(Cl)ccc21. The summed E-state index contributed by atoms with van der Waals surface area (Å²) in [4.78, 5) is 22.5. The predicted octanol–water partition coefficient (Wildman–Crippen LogP) is 5.60. The molecule has 0 radical (unpaired) electrons. The minimum Gasteiger partial charge on any atom is -0.368 e. The van der Waals surface area contributed by atoms with Gasteiger partial charge in [-0.15, -0.1) is 0 Å². The Kier molecular flexibility index (Phi) is 6.16. The van der Waals surface area contributed by atoms with Gasteiger partial charge in [0.05, 0.1) is 11.9 Å². The first kappa shape index (κ1) is 22.3. The van der Waals surface area contributed by atoms with E-state index in [9.17, 15) is 4.79 Å². The van der Waals surface area contributed by atoms with Crippen molar-refractivity contribution in [2.75, 3.05) is 41.3 Å². The van der Waals surface area contributed by atoms with Crippen LogP contribution in [0.2, 0.25) is 5.02 Å². The first-order valence-electron chi connectivity index (χ1n) is 11.7. The average Bonchev–Trinajstić information content (AvgIpc) is 3.16. The van der Waals surface area contributed by atoms with Crippen LogP contribution in [0.4, 0.5) is 17.2 Å². The number of halogens is 1. The molecule has 6 nitrogen and oxygen atoms in total. The van der Waals surface area contributed by atoms with E-state index in [4.69, 9.17) is 11.6 Å². The Morgan fingerprint density at radius 2 is 1.74 bits per heavy atom. The molecule has 0 spiro atoms. The Bertz CT molecular complexity index is 1310. The molecule has 0 aliphatic carbocycles. The summed E-state index contributed by atoms with van der Waals surface area (Å²) in [6.45, 7) is 8.43. The molecule has 34 heavy (non-hydrogen) atoms. The number of fused-ring (bicyclic) bond motifs is 1. The smallest absolute Gasteiger partial charge is 0.272 e. The van der Waals surface area contributed by atoms with Crippen LogP contribution in [0.15, 0.2) is 66.9 Å². The van der Waals surface area contributed by atoms with Crippen LogP contribution in [0, 0.1) is 6.92 Å². The van der Waals surface area contributed by atoms with Gasteiger partial charge >= 0.3 is 0 Å². The number of para-hydroxylation sites is 1. The second-order valence-corrected chi connectivity index (χ2v) is 8.98. The van der Waals surface area contributed by atoms with Crippen molar-refractivity contribution in [1.29, 1.82) is 0 Å². The van der Waals surface area contributed by atoms with Gasteiger partial charge in [0.25, 0.3) is 5.91 Å². The minimum atomic E-state index is -0.141. The molecule has 0 saturated carbocycles. The van der Waals surface area contributed by atoms with Gasteiger partial charge in [0.15, 0.2) is 0 Å². The molecule has 0 bridgehead atoms. The number of benzene rings is 2. The molecular formula is C27H28ClN5O. The van der Waals surface area contributed by atoms with Gasteiger partial charge in [-0.3, -0.25) is 4.79 Å². The van der Waals surface area contributed by atoms with Gasteiger partial charge in [0, 0.05) is 54.3 Å². The van der Waals surface area contributed by atoms with Gasteiger partial charge in [0.1, 0.15) is 11.5 Å². The molecule has 5 rings (SSSR count). The summed E-state index contributed by atoms with van der Waals surface area (Å²) in [7, 11) is 0. The lowest BCUT2D eigenvalue weighted by atomic mass is 10.1. The standard InChI is InChI=1S/C27H28ClN5O/c1-3-33-24-11-9-20(28)17-23(24)19(2)26(33)27(34)30-21-10-12-25(29-18-21)32-15-13-31(14-16-32)22-7-5-4-6-8-22/h4-12,17-18H,3,13-16H2,1-2H3,(H,30,34). The quantitative estimate of drug-likeness (QED) is 0.410. The Morgan fingerprint density at radius 3 is 2.41 bits per heavy atom. The van der Waals surface area contributed by atoms with Crippen LogP contribution in [-0.4, -0.2) is 41.6 Å². The molecule has 4 aromatic rings. The average molecular weight is 474 g/mol. The van der Waals surface area contributed by atoms with E-state index < -0.39 is 0 Å². The maximum absolute atomic E-state index is 13.2. The third kappa shape index (κ3) is 4.21. The van der Waals surface area contributed by atoms with E-state index >= 15 is 0 Å². The summed E-state index contributed by atoms with van der Waals surface area (Å²) >= 11 is 6.20. The van der Waals surface area contributed by atoms with E-state index in [0.717, 1.165) is 48.5 Å². The second-order valence-electron chi connectivity index (χ2n) is 8.55. The van der Waals surface area contributed by atoms with Crippen molar-refractivity contribution in [3.63, 3.8) is 0 Å². The summed E-state index contributed by atoms with van der Waals surface area (Å²) in [5.41, 5.74) is 4.54. The molecule has 1 fully saturated rings. The van der Waals surface area contributed by atoms with E-state index in [-0.39, 0.29) is 5.91 Å². The Labute approximate surface area is 204 Å². The number of pyridine rings is 1. The van der Waals surface area contributed by atoms with Crippen molar-refractivity contribution in [2.24, 2.45) is 0 Å². The van der Waals surface area contributed by atoms with E-state index in [1.54, 1.807) is 6.20 Å². The molecule has 2 aromatic heterocycles. The molecule has 174 valence electrons. The van der Waals surface area contributed by atoms with Crippen molar-refractivity contribution in [3.05, 3.63) is 83.1 Å². The fraction of sp³-hybridized carbons (Fsp3) is 0.259. The number of nitrogens with one attached hydrogen (secondary N) is 1. The number of anilines is 3. The van der Waals surface area contributed by atoms with Crippen LogP contribution < -0.4 is 15.1 Å². The summed E-state index contributed by atoms with van der Waals surface area (Å²) in [6, 6.07) is 20.2. The number of nitrogens with zero attached hydrogens (tertiary/aromatic N) is 4. The molecule has 0 unspecified atom stereocenters. The zero-order chi connectivity index (χ0) is 23.7. The van der Waals surface area contributed by atoms with Gasteiger partial charge in [-0.25, -0.2) is 4.98 Å². The van der Waals surface area contributed by atoms with Gasteiger partial charge in [0.2, 0.25) is 0 Å². The minimum absolute atomic E-state index is 0.141. The fourth-order valence-electron chi connectivity index (χ4n) is 4.79. The van der Waals surface area contributed by atoms with Crippen LogP contribution in [0.3, 0.4) is 0 Å². The van der Waals surface area contributed by atoms with Crippen molar-refractivity contribution in [2.45, 2.75) is 20.4 Å². The van der Waals surface area contributed by atoms with Crippen LogP contribution in [-0.2, 0) is 6.54 Å². The maximum atomic E-state index is 13.2. The number of carbonyl (C=O) groups is 1. The van der Waals surface area contributed by atoms with Gasteiger partial charge in [-0.2, -0.15) is 0 Å². The van der Waals surface area contributed by atoms with Gasteiger partial charge in [-0.1, -0.05) is 29.8 Å². The normalized spacial score (nSPS) is 14.0. The maximum Gasteiger partial charge on any atom is 0.272 e. The summed E-state index contributed by atoms with van der Waals surface area (Å²) < 4.78 is 2.03. The topological polar surface area (TPSA) is 53.4 Å². The van der Waals surface area contributed by atoms with Crippen molar-refractivity contribution < 1.29 is 4.79 Å². The van der Waals surface area contributed by atoms with Crippen LogP contribution >= 0.6 is 11.6 Å². The number of carbonyl (C=O) groups excluding carboxylic acids is 1. The third-order valence-electron chi connectivity index (χ3n) is 6.54. The Hall–Kier alpha value is -3.51. The zero-order valence-electron chi connectivity index (χ0n) is 19.5. The summed E-state index contributed by atoms with van der Waals surface area (Å²) in [6.07, 6.45) is 1.74. The predicted molar refractivity (Wildman–Crippen MR) is 140 cm³/mol. The largest absolute Gasteiger partial charge is 0.368 e. The molecule has 3 heterocycles. The monoisotopic (exact) mass is 473 g/mol. The molecule has 0 atom stereocenters. The molecule has 1 saturated heterocycles. The first-order valence-corrected chi connectivity index (χ1v) is 12.0. The molecule has 1 amide bonds. The molecule has 7 heteroatoms. The number of hydrogen-bond donors (Lipinski definition) is 1. The highest BCUT2D eigenvalue weighted by molar-refractivity contribution is 6.31. The van der Waals surface area contributed by atoms with Crippen LogP contribution in [0.1, 0.15) is 23.0 Å². The number of rotatable bonds is 5.